The van der Waals surface area contributed by atoms with Gasteiger partial charge in [-0.05, 0) is 32.6 Å². The van der Waals surface area contributed by atoms with Crippen LogP contribution in [-0.2, 0) is 4.79 Å². The highest BCUT2D eigenvalue weighted by molar-refractivity contribution is 8.00. The number of nitrogens with two attached hydrogens (primary N) is 1. The molecule has 2 aliphatic carbocycles. The van der Waals surface area contributed by atoms with E-state index in [1.54, 1.807) is 0 Å². The molecule has 3 rings (SSSR count). The molecular weight excluding hydrogens is 250 g/mol. The van der Waals surface area contributed by atoms with Gasteiger partial charge in [-0.2, -0.15) is 0 Å². The molecule has 2 aliphatic rings. The molecule has 0 unspecified atom stereocenters. The van der Waals surface area contributed by atoms with Crippen molar-refractivity contribution in [3.05, 3.63) is 5.82 Å². The molecule has 6 nitrogen and oxygen atoms in total. The minimum atomic E-state index is -0.191. The summed E-state index contributed by atoms with van der Waals surface area (Å²) in [6, 6.07) is 0.387. The van der Waals surface area contributed by atoms with Crippen LogP contribution in [0.3, 0.4) is 0 Å². The Kier molecular flexibility index (Phi) is 2.93. The summed E-state index contributed by atoms with van der Waals surface area (Å²) in [5.41, 5.74) is 0. The monoisotopic (exact) mass is 267 g/mol. The Labute approximate surface area is 110 Å². The van der Waals surface area contributed by atoms with Crippen LogP contribution in [0.5, 0.6) is 0 Å². The first-order chi connectivity index (χ1) is 8.65. The van der Waals surface area contributed by atoms with Crippen LogP contribution in [-0.4, -0.2) is 32.1 Å². The lowest BCUT2D eigenvalue weighted by Gasteiger charge is -2.10. The average molecular weight is 267 g/mol. The third-order valence-corrected chi connectivity index (χ3v) is 4.27. The second-order valence-electron chi connectivity index (χ2n) is 5.03. The fraction of sp³-hybridized carbons (Fsp3) is 0.727. The van der Waals surface area contributed by atoms with E-state index >= 15 is 0 Å². The maximum Gasteiger partial charge on any atom is 0.233 e. The summed E-state index contributed by atoms with van der Waals surface area (Å²) in [6.45, 7) is 1.87. The predicted molar refractivity (Wildman–Crippen MR) is 68.6 cm³/mol. The Morgan fingerprint density at radius 3 is 2.78 bits per heavy atom. The van der Waals surface area contributed by atoms with Gasteiger partial charge in [-0.1, -0.05) is 11.8 Å². The topological polar surface area (TPSA) is 85.8 Å². The van der Waals surface area contributed by atoms with Gasteiger partial charge >= 0.3 is 0 Å². The second-order valence-corrected chi connectivity index (χ2v) is 6.34. The molecule has 1 heterocycles. The van der Waals surface area contributed by atoms with Gasteiger partial charge in [-0.25, -0.2) is 4.68 Å². The van der Waals surface area contributed by atoms with Gasteiger partial charge < -0.3 is 11.2 Å². The van der Waals surface area contributed by atoms with Crippen molar-refractivity contribution in [1.29, 1.82) is 0 Å². The fourth-order valence-electron chi connectivity index (χ4n) is 1.75. The zero-order chi connectivity index (χ0) is 12.7. The standard InChI is InChI=1S/C11H17N5OS/c1-6(10(17)13-8-4-5-8)18-11-15-14-9(16(11)12)7-2-3-7/h6-8H,2-5,12H2,1H3,(H,13,17)/t6-/m0/s1. The zero-order valence-electron chi connectivity index (χ0n) is 10.3. The number of hydrogen-bond donors (Lipinski definition) is 2. The van der Waals surface area contributed by atoms with E-state index in [1.165, 1.54) is 16.4 Å². The molecule has 1 atom stereocenters. The van der Waals surface area contributed by atoms with E-state index in [2.05, 4.69) is 15.5 Å². The molecule has 0 radical (unpaired) electrons. The molecule has 18 heavy (non-hydrogen) atoms. The van der Waals surface area contributed by atoms with Gasteiger partial charge in [-0.3, -0.25) is 4.79 Å². The van der Waals surface area contributed by atoms with Gasteiger partial charge in [0.2, 0.25) is 11.1 Å². The number of nitrogens with one attached hydrogen (secondary N) is 1. The van der Waals surface area contributed by atoms with Crippen molar-refractivity contribution in [3.63, 3.8) is 0 Å². The smallest absolute Gasteiger partial charge is 0.233 e. The molecule has 7 heteroatoms. The molecular formula is C11H17N5OS. The summed E-state index contributed by atoms with van der Waals surface area (Å²) in [5, 5.41) is 11.6. The lowest BCUT2D eigenvalue weighted by Crippen LogP contribution is -2.32. The number of nitrogens with zero attached hydrogens (tertiary/aromatic N) is 3. The van der Waals surface area contributed by atoms with Crippen LogP contribution in [0.2, 0.25) is 0 Å². The summed E-state index contributed by atoms with van der Waals surface area (Å²) in [4.78, 5) is 11.8. The highest BCUT2D eigenvalue weighted by atomic mass is 32.2. The Morgan fingerprint density at radius 1 is 1.44 bits per heavy atom. The quantitative estimate of drug-likeness (QED) is 0.603. The van der Waals surface area contributed by atoms with Crippen molar-refractivity contribution in [2.45, 2.75) is 55.0 Å². The first-order valence-corrected chi connectivity index (χ1v) is 7.20. The molecule has 2 saturated carbocycles. The van der Waals surface area contributed by atoms with Crippen molar-refractivity contribution in [2.24, 2.45) is 0 Å². The second kappa shape index (κ2) is 4.46. The number of aromatic nitrogens is 3. The third kappa shape index (κ3) is 2.45. The zero-order valence-corrected chi connectivity index (χ0v) is 11.1. The summed E-state index contributed by atoms with van der Waals surface area (Å²) in [5.74, 6) is 7.30. The van der Waals surface area contributed by atoms with E-state index in [0.29, 0.717) is 17.1 Å². The number of thioether (sulfide) groups is 1. The number of carbonyl (C=O) groups is 1. The van der Waals surface area contributed by atoms with Crippen LogP contribution in [0, 0.1) is 0 Å². The van der Waals surface area contributed by atoms with Crippen molar-refractivity contribution >= 4 is 17.7 Å². The largest absolute Gasteiger partial charge is 0.352 e. The number of rotatable bonds is 5. The van der Waals surface area contributed by atoms with Crippen molar-refractivity contribution in [3.8, 4) is 0 Å². The first-order valence-electron chi connectivity index (χ1n) is 6.32. The lowest BCUT2D eigenvalue weighted by atomic mass is 10.4. The summed E-state index contributed by atoms with van der Waals surface area (Å²) in [6.07, 6.45) is 4.47. The van der Waals surface area contributed by atoms with Gasteiger partial charge in [0.05, 0.1) is 5.25 Å². The highest BCUT2D eigenvalue weighted by Gasteiger charge is 2.31. The molecule has 0 bridgehead atoms. The summed E-state index contributed by atoms with van der Waals surface area (Å²) < 4.78 is 1.53. The van der Waals surface area contributed by atoms with E-state index in [9.17, 15) is 4.79 Å². The van der Waals surface area contributed by atoms with Gasteiger partial charge in [0.25, 0.3) is 0 Å². The normalized spacial score (nSPS) is 20.7. The van der Waals surface area contributed by atoms with E-state index < -0.39 is 0 Å². The van der Waals surface area contributed by atoms with Crippen LogP contribution in [0.1, 0.15) is 44.3 Å². The van der Waals surface area contributed by atoms with Gasteiger partial charge in [0.15, 0.2) is 5.82 Å². The molecule has 1 aromatic rings. The number of carbonyl (C=O) groups excluding carboxylic acids is 1. The van der Waals surface area contributed by atoms with Crippen molar-refractivity contribution in [1.82, 2.24) is 20.2 Å². The molecule has 2 fully saturated rings. The predicted octanol–water partition coefficient (Wildman–Crippen LogP) is 0.629. The van der Waals surface area contributed by atoms with E-state index in [1.807, 2.05) is 6.92 Å². The molecule has 3 N–H and O–H groups in total. The van der Waals surface area contributed by atoms with Gasteiger partial charge in [0, 0.05) is 12.0 Å². The Morgan fingerprint density at radius 2 is 2.17 bits per heavy atom. The highest BCUT2D eigenvalue weighted by Crippen LogP contribution is 2.39. The van der Waals surface area contributed by atoms with Crippen molar-refractivity contribution < 1.29 is 4.79 Å². The van der Waals surface area contributed by atoms with Crippen molar-refractivity contribution in [2.75, 3.05) is 5.84 Å². The Balaban J connectivity index is 1.62. The molecule has 98 valence electrons. The lowest BCUT2D eigenvalue weighted by molar-refractivity contribution is -0.120. The fourth-order valence-corrected chi connectivity index (χ4v) is 2.53. The summed E-state index contributed by atoms with van der Waals surface area (Å²) >= 11 is 1.37. The van der Waals surface area contributed by atoms with E-state index in [4.69, 9.17) is 5.84 Å². The van der Waals surface area contributed by atoms with E-state index in [-0.39, 0.29) is 11.2 Å². The molecule has 0 saturated heterocycles. The van der Waals surface area contributed by atoms with E-state index in [0.717, 1.165) is 31.5 Å². The number of hydrogen-bond acceptors (Lipinski definition) is 5. The molecule has 1 aromatic heterocycles. The van der Waals surface area contributed by atoms with Gasteiger partial charge in [0.1, 0.15) is 0 Å². The Hall–Kier alpha value is -1.24. The SMILES string of the molecule is C[C@H](Sc1nnc(C2CC2)n1N)C(=O)NC1CC1. The number of nitrogen functional groups attached to an aromatic ring is 1. The van der Waals surface area contributed by atoms with Crippen LogP contribution >= 0.6 is 11.8 Å². The molecule has 0 aliphatic heterocycles. The third-order valence-electron chi connectivity index (χ3n) is 3.21. The van der Waals surface area contributed by atoms with Gasteiger partial charge in [-0.15, -0.1) is 10.2 Å². The average Bonchev–Trinajstić information content (AvgIpc) is 3.22. The van der Waals surface area contributed by atoms with Crippen LogP contribution in [0.4, 0.5) is 0 Å². The van der Waals surface area contributed by atoms with Crippen LogP contribution in [0.25, 0.3) is 0 Å². The summed E-state index contributed by atoms with van der Waals surface area (Å²) in [7, 11) is 0. The maximum absolute atomic E-state index is 11.8. The number of amides is 1. The molecule has 0 aromatic carbocycles. The minimum absolute atomic E-state index is 0.0541. The first kappa shape index (κ1) is 11.8. The Bertz CT molecular complexity index is 466. The maximum atomic E-state index is 11.8. The molecule has 0 spiro atoms. The van der Waals surface area contributed by atoms with Crippen LogP contribution < -0.4 is 11.2 Å². The minimum Gasteiger partial charge on any atom is -0.352 e. The molecule has 1 amide bonds. The van der Waals surface area contributed by atoms with Crippen LogP contribution in [0.15, 0.2) is 5.16 Å².